The van der Waals surface area contributed by atoms with Gasteiger partial charge in [-0.15, -0.1) is 0 Å². The molecular formula is C14H18BrN. The van der Waals surface area contributed by atoms with Gasteiger partial charge in [0.05, 0.1) is 0 Å². The van der Waals surface area contributed by atoms with E-state index in [9.17, 15) is 0 Å². The molecule has 1 heterocycles. The van der Waals surface area contributed by atoms with Gasteiger partial charge in [0.25, 0.3) is 0 Å². The monoisotopic (exact) mass is 279 g/mol. The van der Waals surface area contributed by atoms with E-state index in [2.05, 4.69) is 46.4 Å². The molecule has 1 aromatic carbocycles. The molecule has 1 nitrogen and oxygen atoms in total. The van der Waals surface area contributed by atoms with Crippen LogP contribution in [0.25, 0.3) is 0 Å². The van der Waals surface area contributed by atoms with E-state index in [4.69, 9.17) is 0 Å². The van der Waals surface area contributed by atoms with Gasteiger partial charge in [-0.05, 0) is 60.8 Å². The van der Waals surface area contributed by atoms with E-state index >= 15 is 0 Å². The van der Waals surface area contributed by atoms with Crippen LogP contribution in [0.15, 0.2) is 22.7 Å². The summed E-state index contributed by atoms with van der Waals surface area (Å²) in [5.74, 6) is 0.791. The van der Waals surface area contributed by atoms with Crippen LogP contribution in [0.2, 0.25) is 0 Å². The maximum Gasteiger partial charge on any atom is 0.0178 e. The molecule has 1 unspecified atom stereocenters. The van der Waals surface area contributed by atoms with E-state index in [1.165, 1.54) is 42.4 Å². The zero-order chi connectivity index (χ0) is 11.2. The number of hydrogen-bond donors (Lipinski definition) is 1. The Morgan fingerprint density at radius 1 is 1.38 bits per heavy atom. The van der Waals surface area contributed by atoms with Crippen molar-refractivity contribution in [1.29, 1.82) is 0 Å². The second-order valence-corrected chi connectivity index (χ2v) is 6.46. The molecule has 0 amide bonds. The fraction of sp³-hybridized carbons (Fsp3) is 0.571. The first kappa shape index (κ1) is 10.8. The Kier molecular flexibility index (Phi) is 2.60. The molecule has 1 spiro atoms. The summed E-state index contributed by atoms with van der Waals surface area (Å²) in [4.78, 5) is 0. The predicted molar refractivity (Wildman–Crippen MR) is 70.8 cm³/mol. The highest BCUT2D eigenvalue weighted by Crippen LogP contribution is 2.49. The molecule has 1 atom stereocenters. The molecule has 1 aliphatic heterocycles. The Morgan fingerprint density at radius 3 is 2.81 bits per heavy atom. The summed E-state index contributed by atoms with van der Waals surface area (Å²) in [7, 11) is 0. The standard InChI is InChI=1S/C14H18BrN/c1-10-2-3-12(15)6-13(10)11-4-5-14(7-11)8-16-9-14/h2-3,6,11,16H,4-5,7-9H2,1H3. The maximum atomic E-state index is 3.59. The Hall–Kier alpha value is -0.340. The SMILES string of the molecule is Cc1ccc(Br)cc1C1CCC2(CNC2)C1. The van der Waals surface area contributed by atoms with Crippen molar-refractivity contribution in [2.45, 2.75) is 32.1 Å². The summed E-state index contributed by atoms with van der Waals surface area (Å²) < 4.78 is 1.22. The lowest BCUT2D eigenvalue weighted by Gasteiger charge is -2.39. The Bertz CT molecular complexity index is 409. The van der Waals surface area contributed by atoms with Crippen molar-refractivity contribution in [3.63, 3.8) is 0 Å². The van der Waals surface area contributed by atoms with Gasteiger partial charge in [-0.1, -0.05) is 22.0 Å². The van der Waals surface area contributed by atoms with Crippen LogP contribution in [-0.2, 0) is 0 Å². The Balaban J connectivity index is 1.85. The first-order chi connectivity index (χ1) is 7.69. The molecule has 2 fully saturated rings. The molecule has 0 aromatic heterocycles. The minimum atomic E-state index is 0.652. The number of halogens is 1. The normalized spacial score (nSPS) is 27.0. The largest absolute Gasteiger partial charge is 0.316 e. The number of nitrogens with one attached hydrogen (secondary N) is 1. The van der Waals surface area contributed by atoms with Crippen LogP contribution >= 0.6 is 15.9 Å². The van der Waals surface area contributed by atoms with E-state index in [1.807, 2.05) is 0 Å². The number of benzene rings is 1. The molecule has 2 heteroatoms. The highest BCUT2D eigenvalue weighted by Gasteiger charge is 2.44. The fourth-order valence-electron chi connectivity index (χ4n) is 3.32. The van der Waals surface area contributed by atoms with Crippen LogP contribution in [0, 0.1) is 12.3 Å². The molecule has 86 valence electrons. The quantitative estimate of drug-likeness (QED) is 0.828. The average molecular weight is 280 g/mol. The van der Waals surface area contributed by atoms with Gasteiger partial charge in [-0.3, -0.25) is 0 Å². The van der Waals surface area contributed by atoms with Crippen LogP contribution in [0.4, 0.5) is 0 Å². The molecule has 1 aromatic rings. The van der Waals surface area contributed by atoms with Crippen molar-refractivity contribution < 1.29 is 0 Å². The first-order valence-electron chi connectivity index (χ1n) is 6.15. The van der Waals surface area contributed by atoms with Crippen LogP contribution in [0.1, 0.15) is 36.3 Å². The van der Waals surface area contributed by atoms with Crippen LogP contribution < -0.4 is 5.32 Å². The molecule has 2 aliphatic rings. The highest BCUT2D eigenvalue weighted by molar-refractivity contribution is 9.10. The lowest BCUT2D eigenvalue weighted by molar-refractivity contribution is 0.175. The predicted octanol–water partition coefficient (Wildman–Crippen LogP) is 3.61. The molecule has 0 radical (unpaired) electrons. The number of rotatable bonds is 1. The molecule has 1 N–H and O–H groups in total. The molecule has 3 rings (SSSR count). The van der Waals surface area contributed by atoms with Crippen molar-refractivity contribution in [1.82, 2.24) is 5.32 Å². The molecule has 1 aliphatic carbocycles. The summed E-state index contributed by atoms with van der Waals surface area (Å²) in [6, 6.07) is 6.71. The van der Waals surface area contributed by atoms with E-state index in [1.54, 1.807) is 5.56 Å². The van der Waals surface area contributed by atoms with Gasteiger partial charge in [0.15, 0.2) is 0 Å². The van der Waals surface area contributed by atoms with Gasteiger partial charge in [0.2, 0.25) is 0 Å². The lowest BCUT2D eigenvalue weighted by Crippen LogP contribution is -2.51. The molecular weight excluding hydrogens is 262 g/mol. The minimum absolute atomic E-state index is 0.652. The lowest BCUT2D eigenvalue weighted by atomic mass is 9.78. The first-order valence-corrected chi connectivity index (χ1v) is 6.95. The molecule has 1 saturated carbocycles. The van der Waals surface area contributed by atoms with Crippen LogP contribution in [0.5, 0.6) is 0 Å². The third-order valence-corrected chi connectivity index (χ3v) is 4.88. The van der Waals surface area contributed by atoms with Gasteiger partial charge >= 0.3 is 0 Å². The van der Waals surface area contributed by atoms with Crippen molar-refractivity contribution in [2.24, 2.45) is 5.41 Å². The third-order valence-electron chi connectivity index (χ3n) is 4.38. The van der Waals surface area contributed by atoms with E-state index in [0.29, 0.717) is 5.41 Å². The summed E-state index contributed by atoms with van der Waals surface area (Å²) in [6.07, 6.45) is 4.17. The van der Waals surface area contributed by atoms with Gasteiger partial charge < -0.3 is 5.32 Å². The Labute approximate surface area is 106 Å². The summed E-state index contributed by atoms with van der Waals surface area (Å²) >= 11 is 3.59. The second kappa shape index (κ2) is 3.85. The summed E-state index contributed by atoms with van der Waals surface area (Å²) in [5, 5.41) is 3.43. The van der Waals surface area contributed by atoms with Crippen LogP contribution in [0.3, 0.4) is 0 Å². The number of aryl methyl sites for hydroxylation is 1. The summed E-state index contributed by atoms with van der Waals surface area (Å²) in [6.45, 7) is 4.74. The van der Waals surface area contributed by atoms with Crippen molar-refractivity contribution in [2.75, 3.05) is 13.1 Å². The third kappa shape index (κ3) is 1.72. The second-order valence-electron chi connectivity index (χ2n) is 5.54. The summed E-state index contributed by atoms with van der Waals surface area (Å²) in [5.41, 5.74) is 3.68. The zero-order valence-electron chi connectivity index (χ0n) is 9.72. The fourth-order valence-corrected chi connectivity index (χ4v) is 3.70. The van der Waals surface area contributed by atoms with Gasteiger partial charge in [-0.25, -0.2) is 0 Å². The average Bonchev–Trinajstić information content (AvgIpc) is 2.66. The van der Waals surface area contributed by atoms with Gasteiger partial charge in [0.1, 0.15) is 0 Å². The van der Waals surface area contributed by atoms with Gasteiger partial charge in [0, 0.05) is 17.6 Å². The smallest absolute Gasteiger partial charge is 0.0178 e. The molecule has 1 saturated heterocycles. The van der Waals surface area contributed by atoms with Crippen molar-refractivity contribution in [3.8, 4) is 0 Å². The topological polar surface area (TPSA) is 12.0 Å². The highest BCUT2D eigenvalue weighted by atomic mass is 79.9. The van der Waals surface area contributed by atoms with Crippen molar-refractivity contribution >= 4 is 15.9 Å². The van der Waals surface area contributed by atoms with Gasteiger partial charge in [-0.2, -0.15) is 0 Å². The number of hydrogen-bond acceptors (Lipinski definition) is 1. The van der Waals surface area contributed by atoms with Crippen molar-refractivity contribution in [3.05, 3.63) is 33.8 Å². The maximum absolute atomic E-state index is 3.59. The van der Waals surface area contributed by atoms with E-state index in [-0.39, 0.29) is 0 Å². The van der Waals surface area contributed by atoms with Crippen LogP contribution in [-0.4, -0.2) is 13.1 Å². The molecule has 16 heavy (non-hydrogen) atoms. The zero-order valence-corrected chi connectivity index (χ0v) is 11.3. The minimum Gasteiger partial charge on any atom is -0.316 e. The Morgan fingerprint density at radius 2 is 2.19 bits per heavy atom. The van der Waals surface area contributed by atoms with E-state index < -0.39 is 0 Å². The molecule has 0 bridgehead atoms. The van der Waals surface area contributed by atoms with E-state index in [0.717, 1.165) is 5.92 Å².